The van der Waals surface area contributed by atoms with Gasteiger partial charge >= 0.3 is 0 Å². The molecule has 0 spiro atoms. The zero-order valence-electron chi connectivity index (χ0n) is 15.1. The van der Waals surface area contributed by atoms with E-state index >= 15 is 0 Å². The Morgan fingerprint density at radius 1 is 1.30 bits per heavy atom. The van der Waals surface area contributed by atoms with Crippen molar-refractivity contribution in [2.75, 3.05) is 11.9 Å². The van der Waals surface area contributed by atoms with Crippen LogP contribution in [0.4, 0.5) is 11.4 Å². The first-order chi connectivity index (χ1) is 12.9. The maximum atomic E-state index is 12.4. The van der Waals surface area contributed by atoms with Gasteiger partial charge in [0.05, 0.1) is 11.5 Å². The number of carbonyl (C=O) groups excluding carboxylic acids is 1. The summed E-state index contributed by atoms with van der Waals surface area (Å²) in [5.74, 6) is 0.138. The summed E-state index contributed by atoms with van der Waals surface area (Å²) in [6, 6.07) is 13.0. The molecule has 7 heteroatoms. The van der Waals surface area contributed by atoms with Gasteiger partial charge in [-0.05, 0) is 48.7 Å². The van der Waals surface area contributed by atoms with Gasteiger partial charge in [0, 0.05) is 17.8 Å². The van der Waals surface area contributed by atoms with Crippen LogP contribution in [-0.4, -0.2) is 17.4 Å². The molecule has 0 aliphatic carbocycles. The number of amides is 1. The van der Waals surface area contributed by atoms with Crippen LogP contribution in [0.5, 0.6) is 5.75 Å². The lowest BCUT2D eigenvalue weighted by atomic mass is 10.1. The van der Waals surface area contributed by atoms with Crippen LogP contribution >= 0.6 is 0 Å². The molecule has 27 heavy (non-hydrogen) atoms. The smallest absolute Gasteiger partial charge is 0.269 e. The first-order valence-electron chi connectivity index (χ1n) is 8.35. The second-order valence-electron chi connectivity index (χ2n) is 5.80. The molecule has 0 bridgehead atoms. The van der Waals surface area contributed by atoms with Crippen molar-refractivity contribution in [3.8, 4) is 11.8 Å². The van der Waals surface area contributed by atoms with Gasteiger partial charge in [-0.25, -0.2) is 0 Å². The summed E-state index contributed by atoms with van der Waals surface area (Å²) in [5.41, 5.74) is 1.50. The van der Waals surface area contributed by atoms with Gasteiger partial charge in [0.15, 0.2) is 0 Å². The normalized spacial score (nSPS) is 10.8. The summed E-state index contributed by atoms with van der Waals surface area (Å²) in [6.45, 7) is 4.28. The minimum atomic E-state index is -0.583. The summed E-state index contributed by atoms with van der Waals surface area (Å²) in [6.07, 6.45) is 2.38. The van der Waals surface area contributed by atoms with E-state index in [1.54, 1.807) is 31.2 Å². The van der Waals surface area contributed by atoms with Crippen molar-refractivity contribution < 1.29 is 14.5 Å². The fourth-order valence-corrected chi connectivity index (χ4v) is 2.29. The number of hydrogen-bond acceptors (Lipinski definition) is 5. The van der Waals surface area contributed by atoms with Crippen molar-refractivity contribution in [3.63, 3.8) is 0 Å². The van der Waals surface area contributed by atoms with E-state index in [4.69, 9.17) is 4.74 Å². The Bertz CT molecular complexity index is 912. The number of nitro groups is 1. The third kappa shape index (κ3) is 5.41. The fraction of sp³-hybridized carbons (Fsp3) is 0.200. The molecule has 0 aliphatic rings. The first-order valence-corrected chi connectivity index (χ1v) is 8.35. The van der Waals surface area contributed by atoms with Crippen LogP contribution in [0.2, 0.25) is 0 Å². The molecule has 0 aliphatic heterocycles. The van der Waals surface area contributed by atoms with Crippen molar-refractivity contribution >= 4 is 23.4 Å². The van der Waals surface area contributed by atoms with Gasteiger partial charge in [0.1, 0.15) is 17.4 Å². The number of aryl methyl sites for hydroxylation is 1. The third-order valence-electron chi connectivity index (χ3n) is 3.70. The maximum absolute atomic E-state index is 12.4. The number of nitro benzene ring substituents is 1. The van der Waals surface area contributed by atoms with Gasteiger partial charge in [-0.1, -0.05) is 19.1 Å². The predicted molar refractivity (Wildman–Crippen MR) is 102 cm³/mol. The standard InChI is InChI=1S/C20H19N3O4/c1-3-10-27-18-7-4-15(5-8-18)12-16(13-21)20(24)22-19-9-6-17(23(25)26)11-14(19)2/h4-9,11-12H,3,10H2,1-2H3,(H,22,24)/b16-12+. The van der Waals surface area contributed by atoms with Crippen LogP contribution in [0.3, 0.4) is 0 Å². The Hall–Kier alpha value is -3.66. The van der Waals surface area contributed by atoms with Gasteiger partial charge in [-0.15, -0.1) is 0 Å². The molecule has 2 rings (SSSR count). The van der Waals surface area contributed by atoms with Crippen molar-refractivity contribution in [2.24, 2.45) is 0 Å². The van der Waals surface area contributed by atoms with Crippen molar-refractivity contribution in [1.82, 2.24) is 0 Å². The summed E-state index contributed by atoms with van der Waals surface area (Å²) < 4.78 is 5.49. The second kappa shape index (κ2) is 9.15. The van der Waals surface area contributed by atoms with E-state index in [9.17, 15) is 20.2 Å². The molecule has 0 radical (unpaired) electrons. The molecular weight excluding hydrogens is 346 g/mol. The Balaban J connectivity index is 2.15. The molecule has 0 heterocycles. The van der Waals surface area contributed by atoms with Crippen molar-refractivity contribution in [1.29, 1.82) is 5.26 Å². The quantitative estimate of drug-likeness (QED) is 0.342. The lowest BCUT2D eigenvalue weighted by Crippen LogP contribution is -2.14. The van der Waals surface area contributed by atoms with Crippen molar-refractivity contribution in [2.45, 2.75) is 20.3 Å². The van der Waals surface area contributed by atoms with E-state index in [1.165, 1.54) is 24.3 Å². The van der Waals surface area contributed by atoms with Gasteiger partial charge in [0.2, 0.25) is 0 Å². The Morgan fingerprint density at radius 2 is 2.00 bits per heavy atom. The Morgan fingerprint density at radius 3 is 2.56 bits per heavy atom. The number of hydrogen-bond donors (Lipinski definition) is 1. The molecular formula is C20H19N3O4. The van der Waals surface area contributed by atoms with Crippen LogP contribution in [0.1, 0.15) is 24.5 Å². The predicted octanol–water partition coefficient (Wildman–Crippen LogP) is 4.24. The molecule has 2 aromatic rings. The maximum Gasteiger partial charge on any atom is 0.269 e. The summed E-state index contributed by atoms with van der Waals surface area (Å²) in [4.78, 5) is 22.6. The second-order valence-corrected chi connectivity index (χ2v) is 5.80. The molecule has 0 unspecified atom stereocenters. The summed E-state index contributed by atoms with van der Waals surface area (Å²) >= 11 is 0. The van der Waals surface area contributed by atoms with Gasteiger partial charge in [-0.3, -0.25) is 14.9 Å². The summed E-state index contributed by atoms with van der Waals surface area (Å²) in [7, 11) is 0. The van der Waals surface area contributed by atoms with Crippen LogP contribution < -0.4 is 10.1 Å². The highest BCUT2D eigenvalue weighted by Gasteiger charge is 2.13. The number of nitrogens with one attached hydrogen (secondary N) is 1. The average Bonchev–Trinajstić information content (AvgIpc) is 2.66. The fourth-order valence-electron chi connectivity index (χ4n) is 2.29. The molecule has 2 aromatic carbocycles. The van der Waals surface area contributed by atoms with Crippen LogP contribution in [0.25, 0.3) is 6.08 Å². The topological polar surface area (TPSA) is 105 Å². The van der Waals surface area contributed by atoms with Crippen molar-refractivity contribution in [3.05, 3.63) is 69.3 Å². The monoisotopic (exact) mass is 365 g/mol. The van der Waals surface area contributed by atoms with E-state index in [0.717, 1.165) is 12.2 Å². The van der Waals surface area contributed by atoms with E-state index in [2.05, 4.69) is 5.32 Å². The highest BCUT2D eigenvalue weighted by atomic mass is 16.6. The molecule has 1 amide bonds. The van der Waals surface area contributed by atoms with Gasteiger partial charge in [0.25, 0.3) is 11.6 Å². The highest BCUT2D eigenvalue weighted by Crippen LogP contribution is 2.22. The number of carbonyl (C=O) groups is 1. The zero-order chi connectivity index (χ0) is 19.8. The van der Waals surface area contributed by atoms with E-state index in [-0.39, 0.29) is 11.3 Å². The lowest BCUT2D eigenvalue weighted by molar-refractivity contribution is -0.384. The highest BCUT2D eigenvalue weighted by molar-refractivity contribution is 6.10. The lowest BCUT2D eigenvalue weighted by Gasteiger charge is -2.08. The number of anilines is 1. The molecule has 1 N–H and O–H groups in total. The molecule has 0 saturated carbocycles. The minimum absolute atomic E-state index is 0.0630. The largest absolute Gasteiger partial charge is 0.494 e. The zero-order valence-corrected chi connectivity index (χ0v) is 15.1. The average molecular weight is 365 g/mol. The molecule has 0 fully saturated rings. The van der Waals surface area contributed by atoms with E-state index in [0.29, 0.717) is 23.4 Å². The molecule has 0 saturated heterocycles. The van der Waals surface area contributed by atoms with Crippen LogP contribution in [0, 0.1) is 28.4 Å². The third-order valence-corrected chi connectivity index (χ3v) is 3.70. The number of non-ortho nitro benzene ring substituents is 1. The number of nitriles is 1. The Labute approximate surface area is 157 Å². The first kappa shape index (κ1) is 19.7. The Kier molecular flexibility index (Phi) is 6.67. The van der Waals surface area contributed by atoms with Crippen LogP contribution in [0.15, 0.2) is 48.0 Å². The number of ether oxygens (including phenoxy) is 1. The van der Waals surface area contributed by atoms with Gasteiger partial charge < -0.3 is 10.1 Å². The van der Waals surface area contributed by atoms with E-state index in [1.807, 2.05) is 13.0 Å². The number of benzene rings is 2. The van der Waals surface area contributed by atoms with Gasteiger partial charge in [-0.2, -0.15) is 5.26 Å². The van der Waals surface area contributed by atoms with Crippen LogP contribution in [-0.2, 0) is 4.79 Å². The molecule has 7 nitrogen and oxygen atoms in total. The molecule has 0 aromatic heterocycles. The number of nitrogens with zero attached hydrogens (tertiary/aromatic N) is 2. The van der Waals surface area contributed by atoms with E-state index < -0.39 is 10.8 Å². The molecule has 138 valence electrons. The SMILES string of the molecule is CCCOc1ccc(/C=C(\C#N)C(=O)Nc2ccc([N+](=O)[O-])cc2C)cc1. The summed E-state index contributed by atoms with van der Waals surface area (Å²) in [5, 5.41) is 22.7. The minimum Gasteiger partial charge on any atom is -0.494 e. The number of rotatable bonds is 7. The molecule has 0 atom stereocenters.